The van der Waals surface area contributed by atoms with Gasteiger partial charge in [0.2, 0.25) is 0 Å². The fraction of sp³-hybridized carbons (Fsp3) is 0.333. The Bertz CT molecular complexity index is 613. The fourth-order valence-corrected chi connectivity index (χ4v) is 2.17. The molecular weight excluding hydrogens is 350 g/mol. The minimum absolute atomic E-state index is 0.141. The third kappa shape index (κ3) is 5.25. The van der Waals surface area contributed by atoms with E-state index in [2.05, 4.69) is 26.2 Å². The number of nitrogens with one attached hydrogen (secondary N) is 1. The van der Waals surface area contributed by atoms with Crippen LogP contribution in [-0.2, 0) is 17.8 Å². The van der Waals surface area contributed by atoms with Gasteiger partial charge in [0, 0.05) is 23.1 Å². The van der Waals surface area contributed by atoms with Crippen molar-refractivity contribution in [3.63, 3.8) is 0 Å². The first kappa shape index (κ1) is 16.7. The van der Waals surface area contributed by atoms with E-state index in [4.69, 9.17) is 9.84 Å². The van der Waals surface area contributed by atoms with Crippen LogP contribution in [0.15, 0.2) is 41.3 Å². The molecule has 6 nitrogen and oxygen atoms in total. The van der Waals surface area contributed by atoms with Gasteiger partial charge in [-0.2, -0.15) is 0 Å². The highest BCUT2D eigenvalue weighted by atomic mass is 79.9. The zero-order valence-corrected chi connectivity index (χ0v) is 13.8. The van der Waals surface area contributed by atoms with E-state index in [0.29, 0.717) is 19.8 Å². The van der Waals surface area contributed by atoms with Crippen molar-refractivity contribution in [2.75, 3.05) is 6.73 Å². The number of hydrogen-bond donors (Lipinski definition) is 2. The normalized spacial score (nSPS) is 12.3. The molecule has 1 aromatic heterocycles. The molecule has 0 aliphatic rings. The number of imidazole rings is 1. The lowest BCUT2D eigenvalue weighted by atomic mass is 10.2. The van der Waals surface area contributed by atoms with Crippen LogP contribution in [0.2, 0.25) is 0 Å². The standard InChI is InChI=1S/C15H18BrN3O3/c1-11(6-14-7-19(9-17-14)15(20)21)18-10-22-8-12-2-4-13(16)5-3-12/h2-5,7,9,11,18H,6,8,10H2,1H3,(H,20,21)/t11-/m1/s1. The molecule has 118 valence electrons. The highest BCUT2D eigenvalue weighted by molar-refractivity contribution is 9.10. The average molecular weight is 368 g/mol. The summed E-state index contributed by atoms with van der Waals surface area (Å²) in [4.78, 5) is 14.8. The molecule has 0 aliphatic carbocycles. The number of hydrogen-bond acceptors (Lipinski definition) is 4. The molecule has 0 spiro atoms. The predicted molar refractivity (Wildman–Crippen MR) is 85.7 cm³/mol. The first-order valence-corrected chi connectivity index (χ1v) is 7.65. The van der Waals surface area contributed by atoms with Crippen LogP contribution in [0.25, 0.3) is 0 Å². The van der Waals surface area contributed by atoms with E-state index in [9.17, 15) is 4.79 Å². The first-order valence-electron chi connectivity index (χ1n) is 6.86. The summed E-state index contributed by atoms with van der Waals surface area (Å²) in [6.45, 7) is 2.97. The summed E-state index contributed by atoms with van der Waals surface area (Å²) in [5, 5.41) is 12.0. The number of benzene rings is 1. The van der Waals surface area contributed by atoms with Gasteiger partial charge >= 0.3 is 6.09 Å². The Morgan fingerprint density at radius 1 is 1.45 bits per heavy atom. The van der Waals surface area contributed by atoms with Gasteiger partial charge in [-0.25, -0.2) is 14.3 Å². The van der Waals surface area contributed by atoms with Crippen molar-refractivity contribution in [2.24, 2.45) is 0 Å². The van der Waals surface area contributed by atoms with Crippen LogP contribution in [0.4, 0.5) is 4.79 Å². The first-order chi connectivity index (χ1) is 10.5. The van der Waals surface area contributed by atoms with Crippen LogP contribution in [0, 0.1) is 0 Å². The minimum Gasteiger partial charge on any atom is -0.464 e. The van der Waals surface area contributed by atoms with E-state index >= 15 is 0 Å². The quantitative estimate of drug-likeness (QED) is 0.581. The number of halogens is 1. The number of rotatable bonds is 7. The molecule has 0 fully saturated rings. The van der Waals surface area contributed by atoms with E-state index in [0.717, 1.165) is 20.3 Å². The van der Waals surface area contributed by atoms with Crippen molar-refractivity contribution in [1.82, 2.24) is 14.9 Å². The summed E-state index contributed by atoms with van der Waals surface area (Å²) in [5.74, 6) is 0. The van der Waals surface area contributed by atoms with Crippen molar-refractivity contribution < 1.29 is 14.6 Å². The van der Waals surface area contributed by atoms with E-state index in [-0.39, 0.29) is 6.04 Å². The molecule has 0 bridgehead atoms. The molecule has 2 aromatic rings. The van der Waals surface area contributed by atoms with Crippen molar-refractivity contribution in [2.45, 2.75) is 26.0 Å². The summed E-state index contributed by atoms with van der Waals surface area (Å²) >= 11 is 3.39. The van der Waals surface area contributed by atoms with Crippen LogP contribution < -0.4 is 5.32 Å². The van der Waals surface area contributed by atoms with Crippen LogP contribution in [0.5, 0.6) is 0 Å². The summed E-state index contributed by atoms with van der Waals surface area (Å²) in [6.07, 6.45) is 2.43. The third-order valence-corrected chi connectivity index (χ3v) is 3.62. The number of ether oxygens (including phenoxy) is 1. The smallest absolute Gasteiger partial charge is 0.416 e. The maximum Gasteiger partial charge on any atom is 0.416 e. The molecule has 2 rings (SSSR count). The van der Waals surface area contributed by atoms with E-state index in [1.165, 1.54) is 12.5 Å². The van der Waals surface area contributed by atoms with Gasteiger partial charge in [-0.1, -0.05) is 28.1 Å². The maximum absolute atomic E-state index is 10.8. The summed E-state index contributed by atoms with van der Waals surface area (Å²) in [5.41, 5.74) is 1.84. The minimum atomic E-state index is -1.03. The lowest BCUT2D eigenvalue weighted by molar-refractivity contribution is 0.0967. The Balaban J connectivity index is 1.67. The Labute approximate surface area is 137 Å². The highest BCUT2D eigenvalue weighted by Gasteiger charge is 2.08. The second kappa shape index (κ2) is 8.07. The molecule has 7 heteroatoms. The zero-order chi connectivity index (χ0) is 15.9. The Hall–Kier alpha value is -1.70. The van der Waals surface area contributed by atoms with Crippen LogP contribution in [0.1, 0.15) is 18.2 Å². The number of carboxylic acid groups (broad SMARTS) is 1. The highest BCUT2D eigenvalue weighted by Crippen LogP contribution is 2.11. The molecule has 1 heterocycles. The van der Waals surface area contributed by atoms with Gasteiger partial charge in [-0.05, 0) is 24.6 Å². The maximum atomic E-state index is 10.8. The van der Waals surface area contributed by atoms with Gasteiger partial charge in [0.1, 0.15) is 6.33 Å². The Kier molecular flexibility index (Phi) is 6.11. The molecule has 22 heavy (non-hydrogen) atoms. The largest absolute Gasteiger partial charge is 0.464 e. The van der Waals surface area contributed by atoms with Gasteiger partial charge in [-0.15, -0.1) is 0 Å². The summed E-state index contributed by atoms with van der Waals surface area (Å²) in [6, 6.07) is 8.11. The molecule has 0 amide bonds. The van der Waals surface area contributed by atoms with Crippen LogP contribution in [0.3, 0.4) is 0 Å². The molecule has 0 unspecified atom stereocenters. The lowest BCUT2D eigenvalue weighted by Gasteiger charge is -2.12. The molecule has 1 aromatic carbocycles. The second-order valence-corrected chi connectivity index (χ2v) is 5.90. The molecule has 0 saturated carbocycles. The van der Waals surface area contributed by atoms with E-state index < -0.39 is 6.09 Å². The molecule has 2 N–H and O–H groups in total. The van der Waals surface area contributed by atoms with E-state index in [1.54, 1.807) is 0 Å². The Morgan fingerprint density at radius 3 is 2.82 bits per heavy atom. The van der Waals surface area contributed by atoms with Gasteiger partial charge < -0.3 is 9.84 Å². The molecule has 0 saturated heterocycles. The SMILES string of the molecule is C[C@H](Cc1cn(C(=O)O)cn1)NCOCc1ccc(Br)cc1. The molecule has 0 aliphatic heterocycles. The molecule has 1 atom stereocenters. The third-order valence-electron chi connectivity index (χ3n) is 3.09. The number of nitrogens with zero attached hydrogens (tertiary/aromatic N) is 2. The van der Waals surface area contributed by atoms with Crippen LogP contribution in [-0.4, -0.2) is 33.5 Å². The topological polar surface area (TPSA) is 76.4 Å². The van der Waals surface area contributed by atoms with Gasteiger partial charge in [0.15, 0.2) is 0 Å². The van der Waals surface area contributed by atoms with Crippen LogP contribution >= 0.6 is 15.9 Å². The molecular formula is C15H18BrN3O3. The van der Waals surface area contributed by atoms with Crippen molar-refractivity contribution in [3.05, 3.63) is 52.5 Å². The summed E-state index contributed by atoms with van der Waals surface area (Å²) in [7, 11) is 0. The van der Waals surface area contributed by atoms with Crippen molar-refractivity contribution >= 4 is 22.0 Å². The lowest BCUT2D eigenvalue weighted by Crippen LogP contribution is -2.30. The number of aromatic nitrogens is 2. The Morgan fingerprint density at radius 2 is 2.18 bits per heavy atom. The van der Waals surface area contributed by atoms with Crippen molar-refractivity contribution in [1.29, 1.82) is 0 Å². The zero-order valence-electron chi connectivity index (χ0n) is 12.2. The second-order valence-electron chi connectivity index (χ2n) is 4.98. The van der Waals surface area contributed by atoms with Gasteiger partial charge in [0.05, 0.1) is 19.0 Å². The number of carbonyl (C=O) groups is 1. The average Bonchev–Trinajstić information content (AvgIpc) is 2.94. The predicted octanol–water partition coefficient (Wildman–Crippen LogP) is 2.87. The fourth-order valence-electron chi connectivity index (χ4n) is 1.91. The van der Waals surface area contributed by atoms with E-state index in [1.807, 2.05) is 31.2 Å². The molecule has 0 radical (unpaired) electrons. The van der Waals surface area contributed by atoms with Gasteiger partial charge in [-0.3, -0.25) is 5.32 Å². The van der Waals surface area contributed by atoms with Gasteiger partial charge in [0.25, 0.3) is 0 Å². The monoisotopic (exact) mass is 367 g/mol. The van der Waals surface area contributed by atoms with Crippen molar-refractivity contribution in [3.8, 4) is 0 Å². The summed E-state index contributed by atoms with van der Waals surface area (Å²) < 4.78 is 7.66.